The van der Waals surface area contributed by atoms with Gasteiger partial charge in [-0.2, -0.15) is 11.8 Å². The summed E-state index contributed by atoms with van der Waals surface area (Å²) in [6, 6.07) is 16.1. The maximum Gasteiger partial charge on any atom is 0.258 e. The zero-order valence-corrected chi connectivity index (χ0v) is 17.2. The number of carbonyl (C=O) groups is 2. The Morgan fingerprint density at radius 3 is 2.72 bits per heavy atom. The fourth-order valence-corrected chi connectivity index (χ4v) is 3.64. The van der Waals surface area contributed by atoms with Crippen molar-refractivity contribution in [1.29, 1.82) is 0 Å². The number of ether oxygens (including phenoxy) is 2. The van der Waals surface area contributed by atoms with E-state index in [0.29, 0.717) is 25.2 Å². The van der Waals surface area contributed by atoms with Crippen molar-refractivity contribution >= 4 is 23.6 Å². The number of hydrogen-bond acceptors (Lipinski definition) is 5. The third-order valence-corrected chi connectivity index (χ3v) is 5.29. The van der Waals surface area contributed by atoms with Crippen LogP contribution in [0.15, 0.2) is 54.6 Å². The van der Waals surface area contributed by atoms with Crippen LogP contribution in [0.1, 0.15) is 24.4 Å². The van der Waals surface area contributed by atoms with Crippen molar-refractivity contribution in [3.05, 3.63) is 60.2 Å². The second-order valence-electron chi connectivity index (χ2n) is 6.74. The summed E-state index contributed by atoms with van der Waals surface area (Å²) in [6.07, 6.45) is 3.22. The van der Waals surface area contributed by atoms with Crippen molar-refractivity contribution < 1.29 is 19.1 Å². The molecule has 0 radical (unpaired) electrons. The first-order chi connectivity index (χ1) is 14.2. The van der Waals surface area contributed by atoms with Crippen LogP contribution in [-0.4, -0.2) is 43.1 Å². The SMILES string of the molecule is CSCC[C@H](NC(=O)COc1ccccc1)C(=O)N[C@@H]1CCOc2ccccc21. The van der Waals surface area contributed by atoms with Crippen LogP contribution in [0.5, 0.6) is 11.5 Å². The predicted octanol–water partition coefficient (Wildman–Crippen LogP) is 2.94. The number of fused-ring (bicyclic) bond motifs is 1. The third kappa shape index (κ3) is 6.15. The van der Waals surface area contributed by atoms with Crippen molar-refractivity contribution in [2.24, 2.45) is 0 Å². The molecule has 2 N–H and O–H groups in total. The fraction of sp³-hybridized carbons (Fsp3) is 0.364. The maximum absolute atomic E-state index is 12.9. The molecule has 2 aromatic carbocycles. The number of nitrogens with one attached hydrogen (secondary N) is 2. The van der Waals surface area contributed by atoms with Gasteiger partial charge in [-0.15, -0.1) is 0 Å². The highest BCUT2D eigenvalue weighted by Gasteiger charge is 2.27. The number of hydrogen-bond donors (Lipinski definition) is 2. The summed E-state index contributed by atoms with van der Waals surface area (Å²) in [4.78, 5) is 25.3. The Morgan fingerprint density at radius 2 is 1.93 bits per heavy atom. The molecule has 2 atom stereocenters. The highest BCUT2D eigenvalue weighted by molar-refractivity contribution is 7.98. The van der Waals surface area contributed by atoms with Gasteiger partial charge in [0.1, 0.15) is 17.5 Å². The van der Waals surface area contributed by atoms with E-state index in [2.05, 4.69) is 10.6 Å². The Balaban J connectivity index is 1.59. The lowest BCUT2D eigenvalue weighted by atomic mass is 10.00. The molecule has 0 bridgehead atoms. The number of amides is 2. The lowest BCUT2D eigenvalue weighted by Crippen LogP contribution is -2.49. The number of rotatable bonds is 9. The van der Waals surface area contributed by atoms with Gasteiger partial charge in [-0.3, -0.25) is 9.59 Å². The molecule has 0 aromatic heterocycles. The summed E-state index contributed by atoms with van der Waals surface area (Å²) < 4.78 is 11.1. The van der Waals surface area contributed by atoms with E-state index in [-0.39, 0.29) is 24.5 Å². The van der Waals surface area contributed by atoms with Crippen molar-refractivity contribution in [2.75, 3.05) is 25.2 Å². The van der Waals surface area contributed by atoms with Crippen molar-refractivity contribution in [3.63, 3.8) is 0 Å². The van der Waals surface area contributed by atoms with Gasteiger partial charge in [0, 0.05) is 12.0 Å². The van der Waals surface area contributed by atoms with E-state index in [9.17, 15) is 9.59 Å². The van der Waals surface area contributed by atoms with E-state index in [0.717, 1.165) is 17.1 Å². The number of para-hydroxylation sites is 2. The van der Waals surface area contributed by atoms with Crippen LogP contribution < -0.4 is 20.1 Å². The van der Waals surface area contributed by atoms with E-state index >= 15 is 0 Å². The molecule has 1 heterocycles. The minimum absolute atomic E-state index is 0.123. The largest absolute Gasteiger partial charge is 0.493 e. The maximum atomic E-state index is 12.9. The summed E-state index contributed by atoms with van der Waals surface area (Å²) >= 11 is 1.64. The Morgan fingerprint density at radius 1 is 1.17 bits per heavy atom. The predicted molar refractivity (Wildman–Crippen MR) is 114 cm³/mol. The molecule has 0 fully saturated rings. The van der Waals surface area contributed by atoms with Gasteiger partial charge in [0.2, 0.25) is 5.91 Å². The second kappa shape index (κ2) is 10.8. The van der Waals surface area contributed by atoms with E-state index in [1.165, 1.54) is 0 Å². The average molecular weight is 415 g/mol. The van der Waals surface area contributed by atoms with Crippen LogP contribution in [0.2, 0.25) is 0 Å². The van der Waals surface area contributed by atoms with E-state index in [4.69, 9.17) is 9.47 Å². The lowest BCUT2D eigenvalue weighted by Gasteiger charge is -2.28. The highest BCUT2D eigenvalue weighted by Crippen LogP contribution is 2.31. The highest BCUT2D eigenvalue weighted by atomic mass is 32.2. The monoisotopic (exact) mass is 414 g/mol. The third-order valence-electron chi connectivity index (χ3n) is 4.65. The van der Waals surface area contributed by atoms with Gasteiger partial charge < -0.3 is 20.1 Å². The Hall–Kier alpha value is -2.67. The molecule has 2 amide bonds. The molecule has 6 nitrogen and oxygen atoms in total. The first-order valence-corrected chi connectivity index (χ1v) is 11.0. The molecular formula is C22H26N2O4S. The summed E-state index contributed by atoms with van der Waals surface area (Å²) in [5, 5.41) is 5.89. The van der Waals surface area contributed by atoms with Crippen LogP contribution >= 0.6 is 11.8 Å². The van der Waals surface area contributed by atoms with E-state index in [1.807, 2.05) is 48.7 Å². The smallest absolute Gasteiger partial charge is 0.258 e. The summed E-state index contributed by atoms with van der Waals surface area (Å²) in [5.41, 5.74) is 0.967. The number of benzene rings is 2. The first kappa shape index (κ1) is 21.0. The zero-order valence-electron chi connectivity index (χ0n) is 16.4. The molecule has 29 heavy (non-hydrogen) atoms. The lowest BCUT2D eigenvalue weighted by molar-refractivity contribution is -0.130. The molecule has 1 aliphatic rings. The standard InChI is InChI=1S/C22H26N2O4S/c1-29-14-12-19(23-21(25)15-28-16-7-3-2-4-8-16)22(26)24-18-11-13-27-20-10-6-5-9-17(18)20/h2-10,18-19H,11-15H2,1H3,(H,23,25)(H,24,26)/t18-,19+/m1/s1. The minimum atomic E-state index is -0.607. The Bertz CT molecular complexity index is 815. The molecule has 7 heteroatoms. The van der Waals surface area contributed by atoms with Crippen molar-refractivity contribution in [3.8, 4) is 11.5 Å². The molecule has 0 unspecified atom stereocenters. The van der Waals surface area contributed by atoms with E-state index in [1.54, 1.807) is 23.9 Å². The van der Waals surface area contributed by atoms with Crippen LogP contribution in [0.25, 0.3) is 0 Å². The van der Waals surface area contributed by atoms with Crippen LogP contribution in [0.3, 0.4) is 0 Å². The molecular weight excluding hydrogens is 388 g/mol. The molecule has 2 aromatic rings. The van der Waals surface area contributed by atoms with Crippen molar-refractivity contribution in [1.82, 2.24) is 10.6 Å². The average Bonchev–Trinajstić information content (AvgIpc) is 2.76. The van der Waals surface area contributed by atoms with Crippen LogP contribution in [-0.2, 0) is 9.59 Å². The van der Waals surface area contributed by atoms with Crippen molar-refractivity contribution in [2.45, 2.75) is 24.9 Å². The summed E-state index contributed by atoms with van der Waals surface area (Å²) in [6.45, 7) is 0.419. The Labute approximate surface area is 175 Å². The normalized spacial score (nSPS) is 16.1. The van der Waals surface area contributed by atoms with Crippen LogP contribution in [0.4, 0.5) is 0 Å². The quantitative estimate of drug-likeness (QED) is 0.660. The van der Waals surface area contributed by atoms with Gasteiger partial charge in [0.15, 0.2) is 6.61 Å². The summed E-state index contributed by atoms with van der Waals surface area (Å²) in [5.74, 6) is 1.68. The van der Waals surface area contributed by atoms with Gasteiger partial charge in [-0.05, 0) is 36.6 Å². The molecule has 3 rings (SSSR count). The molecule has 0 spiro atoms. The number of thioether (sulfide) groups is 1. The van der Waals surface area contributed by atoms with Gasteiger partial charge in [0.25, 0.3) is 5.91 Å². The van der Waals surface area contributed by atoms with Gasteiger partial charge >= 0.3 is 0 Å². The van der Waals surface area contributed by atoms with Gasteiger partial charge in [0.05, 0.1) is 12.6 Å². The second-order valence-corrected chi connectivity index (χ2v) is 7.73. The molecule has 1 aliphatic heterocycles. The van der Waals surface area contributed by atoms with Gasteiger partial charge in [-0.25, -0.2) is 0 Å². The van der Waals surface area contributed by atoms with E-state index < -0.39 is 6.04 Å². The minimum Gasteiger partial charge on any atom is -0.493 e. The topological polar surface area (TPSA) is 76.7 Å². The fourth-order valence-electron chi connectivity index (χ4n) is 3.17. The molecule has 154 valence electrons. The molecule has 0 saturated heterocycles. The summed E-state index contributed by atoms with van der Waals surface area (Å²) in [7, 11) is 0. The van der Waals surface area contributed by atoms with Gasteiger partial charge in [-0.1, -0.05) is 36.4 Å². The first-order valence-electron chi connectivity index (χ1n) is 9.65. The zero-order chi connectivity index (χ0) is 20.5. The molecule has 0 aliphatic carbocycles. The number of carbonyl (C=O) groups excluding carboxylic acids is 2. The van der Waals surface area contributed by atoms with Crippen LogP contribution in [0, 0.1) is 0 Å². The molecule has 0 saturated carbocycles. The Kier molecular flexibility index (Phi) is 7.81.